The van der Waals surface area contributed by atoms with E-state index >= 15 is 0 Å². The SMILES string of the molecule is O=C(CN1C(=O)/C(=C/c2ccccc2F)OC2CCCCC21)NCCN1CCN(c2cccc(Cl)c2)CC1. The first-order valence-corrected chi connectivity index (χ1v) is 13.8. The molecule has 2 saturated heterocycles. The highest BCUT2D eigenvalue weighted by Gasteiger charge is 2.42. The summed E-state index contributed by atoms with van der Waals surface area (Å²) in [4.78, 5) is 32.5. The van der Waals surface area contributed by atoms with Crippen molar-refractivity contribution in [1.82, 2.24) is 15.1 Å². The predicted octanol–water partition coefficient (Wildman–Crippen LogP) is 3.93. The molecule has 9 heteroatoms. The lowest BCUT2D eigenvalue weighted by Crippen LogP contribution is -2.57. The van der Waals surface area contributed by atoms with Gasteiger partial charge in [-0.25, -0.2) is 4.39 Å². The first-order valence-electron chi connectivity index (χ1n) is 13.4. The number of anilines is 1. The largest absolute Gasteiger partial charge is 0.482 e. The van der Waals surface area contributed by atoms with Crippen LogP contribution < -0.4 is 10.2 Å². The van der Waals surface area contributed by atoms with Crippen LogP contribution in [0.3, 0.4) is 0 Å². The van der Waals surface area contributed by atoms with Gasteiger partial charge in [0.1, 0.15) is 18.5 Å². The number of halogens is 2. The summed E-state index contributed by atoms with van der Waals surface area (Å²) in [6.45, 7) is 4.84. The van der Waals surface area contributed by atoms with Gasteiger partial charge in [0.05, 0.1) is 6.04 Å². The molecule has 2 heterocycles. The summed E-state index contributed by atoms with van der Waals surface area (Å²) in [5.74, 6) is -0.862. The van der Waals surface area contributed by atoms with Crippen molar-refractivity contribution in [2.75, 3.05) is 50.7 Å². The number of piperazine rings is 1. The van der Waals surface area contributed by atoms with E-state index in [9.17, 15) is 14.0 Å². The standard InChI is InChI=1S/C29H34ClFN4O3/c30-22-7-5-8-23(19-22)34-16-14-33(15-17-34)13-12-32-28(36)20-35-25-10-3-4-11-26(25)38-27(29(35)37)18-21-6-1-2-9-24(21)31/h1-2,5-9,18-19,25-26H,3-4,10-17,20H2,(H,32,36)/b27-18-. The number of nitrogens with one attached hydrogen (secondary N) is 1. The van der Waals surface area contributed by atoms with Gasteiger partial charge in [-0.15, -0.1) is 0 Å². The monoisotopic (exact) mass is 540 g/mol. The number of nitrogens with zero attached hydrogens (tertiary/aromatic N) is 3. The molecule has 2 aromatic carbocycles. The Morgan fingerprint density at radius 1 is 1.08 bits per heavy atom. The molecule has 0 radical (unpaired) electrons. The molecule has 2 amide bonds. The van der Waals surface area contributed by atoms with Gasteiger partial charge in [-0.2, -0.15) is 0 Å². The summed E-state index contributed by atoms with van der Waals surface area (Å²) in [5.41, 5.74) is 1.43. The van der Waals surface area contributed by atoms with Crippen LogP contribution in [0.5, 0.6) is 0 Å². The average molecular weight is 541 g/mol. The Morgan fingerprint density at radius 2 is 1.87 bits per heavy atom. The third-order valence-electron chi connectivity index (χ3n) is 7.62. The van der Waals surface area contributed by atoms with Gasteiger partial charge in [0.15, 0.2) is 5.76 Å². The Kier molecular flexibility index (Phi) is 8.49. The minimum Gasteiger partial charge on any atom is -0.482 e. The van der Waals surface area contributed by atoms with E-state index in [0.717, 1.165) is 69.1 Å². The number of ether oxygens (including phenoxy) is 1. The molecule has 1 aliphatic carbocycles. The average Bonchev–Trinajstić information content (AvgIpc) is 2.92. The first-order chi connectivity index (χ1) is 18.5. The van der Waals surface area contributed by atoms with Crippen LogP contribution in [0.4, 0.5) is 10.1 Å². The van der Waals surface area contributed by atoms with E-state index in [1.807, 2.05) is 18.2 Å². The second-order valence-corrected chi connectivity index (χ2v) is 10.6. The summed E-state index contributed by atoms with van der Waals surface area (Å²) in [5, 5.41) is 3.73. The number of carbonyl (C=O) groups is 2. The zero-order valence-corrected chi connectivity index (χ0v) is 22.2. The fourth-order valence-electron chi connectivity index (χ4n) is 5.56. The predicted molar refractivity (Wildman–Crippen MR) is 146 cm³/mol. The molecule has 3 fully saturated rings. The van der Waals surface area contributed by atoms with Crippen LogP contribution in [0.2, 0.25) is 5.02 Å². The smallest absolute Gasteiger partial charge is 0.289 e. The second-order valence-electron chi connectivity index (χ2n) is 10.1. The van der Waals surface area contributed by atoms with Gasteiger partial charge in [0.25, 0.3) is 5.91 Å². The molecule has 0 aromatic heterocycles. The molecule has 2 aromatic rings. The van der Waals surface area contributed by atoms with Gasteiger partial charge in [0.2, 0.25) is 5.91 Å². The minimum absolute atomic E-state index is 0.0273. The fourth-order valence-corrected chi connectivity index (χ4v) is 5.75. The Balaban J connectivity index is 1.14. The minimum atomic E-state index is -0.417. The van der Waals surface area contributed by atoms with Crippen LogP contribution in [0.1, 0.15) is 31.2 Å². The van der Waals surface area contributed by atoms with Gasteiger partial charge in [0, 0.05) is 55.5 Å². The van der Waals surface area contributed by atoms with Crippen molar-refractivity contribution < 1.29 is 18.7 Å². The summed E-state index contributed by atoms with van der Waals surface area (Å²) in [7, 11) is 0. The van der Waals surface area contributed by atoms with Crippen LogP contribution in [0.25, 0.3) is 6.08 Å². The maximum atomic E-state index is 14.2. The molecule has 3 aliphatic rings. The van der Waals surface area contributed by atoms with Crippen molar-refractivity contribution in [3.63, 3.8) is 0 Å². The second kappa shape index (κ2) is 12.2. The third-order valence-corrected chi connectivity index (χ3v) is 7.85. The summed E-state index contributed by atoms with van der Waals surface area (Å²) < 4.78 is 20.3. The maximum Gasteiger partial charge on any atom is 0.289 e. The van der Waals surface area contributed by atoms with E-state index < -0.39 is 5.82 Å². The molecule has 2 unspecified atom stereocenters. The van der Waals surface area contributed by atoms with E-state index in [0.29, 0.717) is 12.1 Å². The summed E-state index contributed by atoms with van der Waals surface area (Å²) >= 11 is 6.13. The number of benzene rings is 2. The normalized spacial score (nSPS) is 23.2. The topological polar surface area (TPSA) is 65.1 Å². The van der Waals surface area contributed by atoms with Gasteiger partial charge < -0.3 is 19.9 Å². The van der Waals surface area contributed by atoms with Gasteiger partial charge >= 0.3 is 0 Å². The van der Waals surface area contributed by atoms with E-state index in [4.69, 9.17) is 16.3 Å². The Morgan fingerprint density at radius 3 is 2.66 bits per heavy atom. The van der Waals surface area contributed by atoms with E-state index in [2.05, 4.69) is 21.2 Å². The quantitative estimate of drug-likeness (QED) is 0.539. The lowest BCUT2D eigenvalue weighted by molar-refractivity contribution is -0.151. The van der Waals surface area contributed by atoms with Crippen molar-refractivity contribution in [3.05, 3.63) is 70.7 Å². The number of hydrogen-bond acceptors (Lipinski definition) is 5. The molecule has 0 bridgehead atoms. The summed E-state index contributed by atoms with van der Waals surface area (Å²) in [6.07, 6.45) is 4.88. The van der Waals surface area contributed by atoms with Crippen molar-refractivity contribution >= 4 is 35.2 Å². The molecule has 1 N–H and O–H groups in total. The van der Waals surface area contributed by atoms with Crippen molar-refractivity contribution in [2.45, 2.75) is 37.8 Å². The van der Waals surface area contributed by atoms with Crippen LogP contribution >= 0.6 is 11.6 Å². The molecular formula is C29H34ClFN4O3. The maximum absolute atomic E-state index is 14.2. The van der Waals surface area contributed by atoms with E-state index in [1.54, 1.807) is 23.1 Å². The number of fused-ring (bicyclic) bond motifs is 1. The van der Waals surface area contributed by atoms with Gasteiger partial charge in [-0.3, -0.25) is 14.5 Å². The molecule has 5 rings (SSSR count). The Hall–Kier alpha value is -3.10. The fraction of sp³-hybridized carbons (Fsp3) is 0.448. The summed E-state index contributed by atoms with van der Waals surface area (Å²) in [6, 6.07) is 14.0. The van der Waals surface area contributed by atoms with Crippen LogP contribution in [-0.4, -0.2) is 79.6 Å². The zero-order valence-electron chi connectivity index (χ0n) is 21.5. The Labute approximate surface area is 228 Å². The van der Waals surface area contributed by atoms with Gasteiger partial charge in [-0.1, -0.05) is 42.3 Å². The highest BCUT2D eigenvalue weighted by Crippen LogP contribution is 2.33. The first kappa shape index (κ1) is 26.5. The highest BCUT2D eigenvalue weighted by molar-refractivity contribution is 6.30. The van der Waals surface area contributed by atoms with E-state index in [-0.39, 0.29) is 36.3 Å². The van der Waals surface area contributed by atoms with Crippen molar-refractivity contribution in [2.24, 2.45) is 0 Å². The molecule has 7 nitrogen and oxygen atoms in total. The Bertz CT molecular complexity index is 1180. The van der Waals surface area contributed by atoms with Gasteiger partial charge in [-0.05, 0) is 49.6 Å². The number of hydrogen-bond donors (Lipinski definition) is 1. The molecule has 2 aliphatic heterocycles. The van der Waals surface area contributed by atoms with Crippen LogP contribution in [-0.2, 0) is 14.3 Å². The number of amides is 2. The number of morpholine rings is 1. The molecular weight excluding hydrogens is 507 g/mol. The van der Waals surface area contributed by atoms with Crippen molar-refractivity contribution in [1.29, 1.82) is 0 Å². The lowest BCUT2D eigenvalue weighted by atomic mass is 9.89. The molecule has 1 saturated carbocycles. The number of carbonyl (C=O) groups excluding carboxylic acids is 2. The lowest BCUT2D eigenvalue weighted by Gasteiger charge is -2.44. The molecule has 202 valence electrons. The van der Waals surface area contributed by atoms with Crippen LogP contribution in [0, 0.1) is 5.82 Å². The highest BCUT2D eigenvalue weighted by atomic mass is 35.5. The zero-order chi connectivity index (χ0) is 26.5. The molecule has 38 heavy (non-hydrogen) atoms. The third kappa shape index (κ3) is 6.30. The molecule has 0 spiro atoms. The van der Waals surface area contributed by atoms with Crippen molar-refractivity contribution in [3.8, 4) is 0 Å². The van der Waals surface area contributed by atoms with Crippen LogP contribution in [0.15, 0.2) is 54.3 Å². The molecule has 2 atom stereocenters. The van der Waals surface area contributed by atoms with E-state index in [1.165, 1.54) is 12.1 Å². The number of rotatable bonds is 7.